The van der Waals surface area contributed by atoms with Gasteiger partial charge in [-0.2, -0.15) is 0 Å². The molecule has 0 N–H and O–H groups in total. The Kier molecular flexibility index (Phi) is 12.0. The molecule has 4 heteroatoms. The number of rotatable bonds is 3. The molecule has 3 nitrogen and oxygen atoms in total. The molecule has 0 saturated carbocycles. The lowest BCUT2D eigenvalue weighted by Gasteiger charge is -2.15. The Hall–Kier alpha value is -7.23. The van der Waals surface area contributed by atoms with Gasteiger partial charge in [0.25, 0.3) is 0 Å². The number of para-hydroxylation sites is 1. The van der Waals surface area contributed by atoms with Crippen molar-refractivity contribution in [1.29, 1.82) is 0 Å². The first-order valence-electron chi connectivity index (χ1n) is 22.2. The zero-order chi connectivity index (χ0) is 43.3. The van der Waals surface area contributed by atoms with E-state index >= 15 is 0 Å². The Balaban J connectivity index is 0.000000249. The molecule has 0 atom stereocenters. The van der Waals surface area contributed by atoms with Gasteiger partial charge in [0.05, 0.1) is 16.6 Å². The van der Waals surface area contributed by atoms with Gasteiger partial charge in [-0.1, -0.05) is 161 Å². The smallest absolute Gasteiger partial charge is 0.137 e. The van der Waals surface area contributed by atoms with Crippen molar-refractivity contribution in [1.82, 2.24) is 14.1 Å². The molecule has 308 valence electrons. The highest BCUT2D eigenvalue weighted by atomic mass is 32.1. The van der Waals surface area contributed by atoms with E-state index in [1.165, 1.54) is 92.1 Å². The van der Waals surface area contributed by atoms with E-state index in [4.69, 9.17) is 4.98 Å². The van der Waals surface area contributed by atoms with Crippen LogP contribution in [0, 0.1) is 6.92 Å². The van der Waals surface area contributed by atoms with E-state index in [0.29, 0.717) is 0 Å². The van der Waals surface area contributed by atoms with Crippen molar-refractivity contribution in [3.63, 3.8) is 0 Å². The standard InChI is InChI=1S/C43H31N3.C12H8S.2C2H6/c1-29-13-10-24-43(44-29)46-40-23-9-8-20-36(40)38-28-42-37(25-26-41(38)46)35-19-6-3-7-22-39(35)45(42)32-17-11-16-31(27-32)34-21-12-15-30-14-4-2-5-18-33(30)34;1-3-7-11-9(5-1)10-6-2-4-8-12(10)13-11;2*1-2/h2-4,6-21,23-24,26-28H,22,25H2,1H3;1-8H;2*1-2H3. The number of benzene rings is 5. The predicted octanol–water partition coefficient (Wildman–Crippen LogP) is 14.4. The molecule has 0 fully saturated rings. The van der Waals surface area contributed by atoms with E-state index < -0.39 is 0 Å². The number of aromatic nitrogens is 3. The van der Waals surface area contributed by atoms with Crippen LogP contribution >= 0.6 is 11.3 Å². The van der Waals surface area contributed by atoms with Gasteiger partial charge in [0, 0.05) is 59.8 Å². The highest BCUT2D eigenvalue weighted by molar-refractivity contribution is 7.25. The number of fused-ring (bicyclic) bond motifs is 10. The van der Waals surface area contributed by atoms with Crippen LogP contribution in [0.4, 0.5) is 0 Å². The van der Waals surface area contributed by atoms with Crippen LogP contribution in [0.15, 0.2) is 170 Å². The quantitative estimate of drug-likeness (QED) is 0.163. The van der Waals surface area contributed by atoms with Crippen molar-refractivity contribution >= 4 is 72.8 Å². The van der Waals surface area contributed by atoms with E-state index in [2.05, 4.69) is 210 Å². The van der Waals surface area contributed by atoms with Crippen LogP contribution in [0.5, 0.6) is 0 Å². The second kappa shape index (κ2) is 18.4. The Labute approximate surface area is 374 Å². The molecular weight excluding hydrogens is 783 g/mol. The Bertz CT molecular complexity index is 3390. The molecule has 4 heterocycles. The van der Waals surface area contributed by atoms with Crippen molar-refractivity contribution < 1.29 is 0 Å². The summed E-state index contributed by atoms with van der Waals surface area (Å²) in [5.74, 6) is 0.952. The van der Waals surface area contributed by atoms with Crippen LogP contribution in [0.25, 0.3) is 84.1 Å². The summed E-state index contributed by atoms with van der Waals surface area (Å²) in [6.07, 6.45) is 23.7. The summed E-state index contributed by atoms with van der Waals surface area (Å²) in [5.41, 5.74) is 16.7. The van der Waals surface area contributed by atoms with E-state index in [0.717, 1.165) is 24.4 Å². The SMILES string of the molecule is CC.CC.Cc1cccc(-n2c3c(c4ccccc42)=Cc2c(c4c(n2-c2cccc(-c5cccc6c5C=C=CC=C6)c2)CC=CC=C4)CC=3)n1.c1ccc2c(c1)sc1ccccc12. The molecule has 0 spiro atoms. The average Bonchev–Trinajstić information content (AvgIpc) is 3.68. The van der Waals surface area contributed by atoms with Gasteiger partial charge >= 0.3 is 0 Å². The summed E-state index contributed by atoms with van der Waals surface area (Å²) in [4.78, 5) is 4.96. The van der Waals surface area contributed by atoms with Crippen molar-refractivity contribution in [2.75, 3.05) is 0 Å². The van der Waals surface area contributed by atoms with E-state index in [1.807, 2.05) is 45.1 Å². The molecule has 0 bridgehead atoms. The summed E-state index contributed by atoms with van der Waals surface area (Å²) in [6.45, 7) is 10.1. The summed E-state index contributed by atoms with van der Waals surface area (Å²) >= 11 is 1.86. The number of allylic oxidation sites excluding steroid dienone is 5. The summed E-state index contributed by atoms with van der Waals surface area (Å²) < 4.78 is 7.59. The van der Waals surface area contributed by atoms with Crippen LogP contribution in [0.2, 0.25) is 0 Å². The highest BCUT2D eigenvalue weighted by Crippen LogP contribution is 2.36. The lowest BCUT2D eigenvalue weighted by Crippen LogP contribution is -2.29. The van der Waals surface area contributed by atoms with Crippen LogP contribution in [-0.4, -0.2) is 14.1 Å². The molecule has 9 aromatic rings. The molecular formula is C59H51N3S. The minimum absolute atomic E-state index is 0.829. The van der Waals surface area contributed by atoms with Crippen molar-refractivity contribution in [2.24, 2.45) is 0 Å². The maximum atomic E-state index is 4.96. The van der Waals surface area contributed by atoms with Crippen LogP contribution in [0.1, 0.15) is 67.0 Å². The Morgan fingerprint density at radius 3 is 2.16 bits per heavy atom. The van der Waals surface area contributed by atoms with E-state index in [1.54, 1.807) is 0 Å². The number of thiophene rings is 1. The number of aryl methyl sites for hydroxylation is 1. The minimum atomic E-state index is 0.829. The van der Waals surface area contributed by atoms with Crippen molar-refractivity contribution in [3.8, 4) is 22.6 Å². The zero-order valence-corrected chi connectivity index (χ0v) is 37.5. The van der Waals surface area contributed by atoms with Crippen LogP contribution in [0.3, 0.4) is 0 Å². The van der Waals surface area contributed by atoms with Gasteiger partial charge < -0.3 is 4.57 Å². The van der Waals surface area contributed by atoms with Gasteiger partial charge in [-0.25, -0.2) is 4.98 Å². The topological polar surface area (TPSA) is 22.8 Å². The molecule has 63 heavy (non-hydrogen) atoms. The number of hydrogen-bond acceptors (Lipinski definition) is 2. The zero-order valence-electron chi connectivity index (χ0n) is 36.6. The number of nitrogens with zero attached hydrogens (tertiary/aromatic N) is 3. The van der Waals surface area contributed by atoms with Gasteiger partial charge in [-0.15, -0.1) is 17.1 Å². The highest BCUT2D eigenvalue weighted by Gasteiger charge is 2.24. The third kappa shape index (κ3) is 7.70. The van der Waals surface area contributed by atoms with Crippen molar-refractivity contribution in [2.45, 2.75) is 47.5 Å². The molecule has 0 amide bonds. The monoisotopic (exact) mass is 833 g/mol. The molecule has 0 radical (unpaired) electrons. The molecule has 5 aromatic carbocycles. The molecule has 12 rings (SSSR count). The number of pyridine rings is 1. The summed E-state index contributed by atoms with van der Waals surface area (Å²) in [6, 6.07) is 47.7. The fourth-order valence-corrected chi connectivity index (χ4v) is 10.1. The molecule has 4 aromatic heterocycles. The molecule has 3 aliphatic carbocycles. The normalized spacial score (nSPS) is 12.7. The van der Waals surface area contributed by atoms with E-state index in [9.17, 15) is 0 Å². The van der Waals surface area contributed by atoms with Gasteiger partial charge in [0.15, 0.2) is 0 Å². The largest absolute Gasteiger partial charge is 0.313 e. The van der Waals surface area contributed by atoms with E-state index in [-0.39, 0.29) is 0 Å². The first kappa shape index (κ1) is 41.1. The molecule has 0 aliphatic heterocycles. The third-order valence-electron chi connectivity index (χ3n) is 11.6. The third-order valence-corrected chi connectivity index (χ3v) is 12.8. The van der Waals surface area contributed by atoms with Crippen LogP contribution < -0.4 is 10.6 Å². The average molecular weight is 834 g/mol. The fourth-order valence-electron chi connectivity index (χ4n) is 9.02. The van der Waals surface area contributed by atoms with Crippen LogP contribution in [-0.2, 0) is 12.8 Å². The van der Waals surface area contributed by atoms with Gasteiger partial charge in [-0.05, 0) is 102 Å². The Morgan fingerprint density at radius 1 is 0.635 bits per heavy atom. The Morgan fingerprint density at radius 2 is 1.37 bits per heavy atom. The fraction of sp³-hybridized carbons (Fsp3) is 0.119. The summed E-state index contributed by atoms with van der Waals surface area (Å²) in [7, 11) is 0. The first-order chi connectivity index (χ1) is 31.2. The van der Waals surface area contributed by atoms with Gasteiger partial charge in [-0.3, -0.25) is 4.57 Å². The maximum absolute atomic E-state index is 4.96. The van der Waals surface area contributed by atoms with Gasteiger partial charge in [0.1, 0.15) is 5.82 Å². The maximum Gasteiger partial charge on any atom is 0.137 e. The summed E-state index contributed by atoms with van der Waals surface area (Å²) in [5, 5.41) is 6.42. The molecule has 3 aliphatic rings. The second-order valence-corrected chi connectivity index (χ2v) is 16.3. The minimum Gasteiger partial charge on any atom is -0.313 e. The van der Waals surface area contributed by atoms with Gasteiger partial charge in [0.2, 0.25) is 0 Å². The molecule has 0 saturated heterocycles. The lowest BCUT2D eigenvalue weighted by atomic mass is 9.95. The second-order valence-electron chi connectivity index (χ2n) is 15.2. The number of hydrogen-bond donors (Lipinski definition) is 0. The first-order valence-corrected chi connectivity index (χ1v) is 23.1. The molecule has 0 unspecified atom stereocenters. The van der Waals surface area contributed by atoms with Crippen molar-refractivity contribution in [3.05, 3.63) is 219 Å². The lowest BCUT2D eigenvalue weighted by molar-refractivity contribution is 0.959. The predicted molar refractivity (Wildman–Crippen MR) is 273 cm³/mol.